The summed E-state index contributed by atoms with van der Waals surface area (Å²) >= 11 is 0. The van der Waals surface area contributed by atoms with Gasteiger partial charge in [0.1, 0.15) is 11.5 Å². The number of carbonyl (C=O) groups is 1. The first-order valence-corrected chi connectivity index (χ1v) is 5.48. The molecule has 0 saturated carbocycles. The number of ether oxygens (including phenoxy) is 2. The lowest BCUT2D eigenvalue weighted by Crippen LogP contribution is -2.08. The number of phenols is 2. The molecule has 0 unspecified atom stereocenters. The van der Waals surface area contributed by atoms with Crippen molar-refractivity contribution in [3.8, 4) is 23.0 Å². The van der Waals surface area contributed by atoms with Crippen LogP contribution in [-0.2, 0) is 0 Å². The summed E-state index contributed by atoms with van der Waals surface area (Å²) in [6.07, 6.45) is 0. The van der Waals surface area contributed by atoms with Crippen molar-refractivity contribution >= 4 is 5.97 Å². The lowest BCUT2D eigenvalue weighted by molar-refractivity contribution is 0.0734. The fourth-order valence-electron chi connectivity index (χ4n) is 1.46. The molecule has 0 saturated heterocycles. The summed E-state index contributed by atoms with van der Waals surface area (Å²) in [6.45, 7) is 0. The first-order chi connectivity index (χ1) is 9.10. The van der Waals surface area contributed by atoms with E-state index >= 15 is 0 Å². The number of rotatable bonds is 3. The summed E-state index contributed by atoms with van der Waals surface area (Å²) in [4.78, 5) is 11.8. The molecule has 0 aromatic heterocycles. The van der Waals surface area contributed by atoms with Crippen molar-refractivity contribution in [1.82, 2.24) is 0 Å². The van der Waals surface area contributed by atoms with Gasteiger partial charge in [0, 0.05) is 6.07 Å². The number of carbonyl (C=O) groups excluding carboxylic acids is 1. The van der Waals surface area contributed by atoms with Gasteiger partial charge in [-0.3, -0.25) is 0 Å². The molecule has 0 aliphatic heterocycles. The highest BCUT2D eigenvalue weighted by Gasteiger charge is 2.10. The Bertz CT molecular complexity index is 589. The number of phenolic OH excluding ortho intramolecular Hbond substituents is 2. The third-order valence-electron chi connectivity index (χ3n) is 2.48. The standard InChI is InChI=1S/C14H12O5/c1-18-10-4-2-9(3-5-10)14(17)19-11-6-7-12(15)13(16)8-11/h2-8,15-16H,1H3. The Hall–Kier alpha value is -2.69. The van der Waals surface area contributed by atoms with Gasteiger partial charge in [-0.1, -0.05) is 0 Å². The Morgan fingerprint density at radius 3 is 2.16 bits per heavy atom. The second-order valence-electron chi connectivity index (χ2n) is 3.77. The van der Waals surface area contributed by atoms with Crippen LogP contribution in [-0.4, -0.2) is 23.3 Å². The Morgan fingerprint density at radius 2 is 1.58 bits per heavy atom. The van der Waals surface area contributed by atoms with Gasteiger partial charge in [0.15, 0.2) is 11.5 Å². The molecule has 0 fully saturated rings. The minimum absolute atomic E-state index is 0.149. The molecule has 0 aliphatic rings. The zero-order valence-electron chi connectivity index (χ0n) is 10.2. The minimum atomic E-state index is -0.562. The number of esters is 1. The molecule has 0 bridgehead atoms. The van der Waals surface area contributed by atoms with Crippen molar-refractivity contribution in [1.29, 1.82) is 0 Å². The zero-order chi connectivity index (χ0) is 13.8. The average Bonchev–Trinajstić information content (AvgIpc) is 2.43. The molecule has 0 heterocycles. The van der Waals surface area contributed by atoms with E-state index in [1.54, 1.807) is 24.3 Å². The normalized spacial score (nSPS) is 9.95. The molecule has 5 nitrogen and oxygen atoms in total. The SMILES string of the molecule is COc1ccc(C(=O)Oc2ccc(O)c(O)c2)cc1. The smallest absolute Gasteiger partial charge is 0.343 e. The third-order valence-corrected chi connectivity index (χ3v) is 2.48. The molecule has 2 rings (SSSR count). The predicted octanol–water partition coefficient (Wildman–Crippen LogP) is 2.33. The van der Waals surface area contributed by atoms with Crippen LogP contribution in [0.4, 0.5) is 0 Å². The van der Waals surface area contributed by atoms with Gasteiger partial charge < -0.3 is 19.7 Å². The van der Waals surface area contributed by atoms with Crippen LogP contribution in [0.5, 0.6) is 23.0 Å². The summed E-state index contributed by atoms with van der Waals surface area (Å²) in [6, 6.07) is 10.2. The van der Waals surface area contributed by atoms with Crippen LogP contribution in [0, 0.1) is 0 Å². The molecule has 0 radical (unpaired) electrons. The van der Waals surface area contributed by atoms with E-state index < -0.39 is 5.97 Å². The molecule has 0 atom stereocenters. The second-order valence-corrected chi connectivity index (χ2v) is 3.77. The maximum atomic E-state index is 11.8. The van der Waals surface area contributed by atoms with E-state index in [0.717, 1.165) is 6.07 Å². The van der Waals surface area contributed by atoms with E-state index in [2.05, 4.69) is 0 Å². The van der Waals surface area contributed by atoms with E-state index in [4.69, 9.17) is 14.6 Å². The highest BCUT2D eigenvalue weighted by atomic mass is 16.5. The second kappa shape index (κ2) is 5.30. The topological polar surface area (TPSA) is 76.0 Å². The number of aromatic hydroxyl groups is 2. The molecule has 2 aromatic carbocycles. The van der Waals surface area contributed by atoms with E-state index in [1.165, 1.54) is 19.2 Å². The largest absolute Gasteiger partial charge is 0.504 e. The number of hydrogen-bond acceptors (Lipinski definition) is 5. The van der Waals surface area contributed by atoms with Gasteiger partial charge in [-0.2, -0.15) is 0 Å². The predicted molar refractivity (Wildman–Crippen MR) is 67.7 cm³/mol. The fraction of sp³-hybridized carbons (Fsp3) is 0.0714. The summed E-state index contributed by atoms with van der Waals surface area (Å²) in [7, 11) is 1.53. The van der Waals surface area contributed by atoms with Gasteiger partial charge in [0.2, 0.25) is 0 Å². The van der Waals surface area contributed by atoms with Gasteiger partial charge in [-0.25, -0.2) is 4.79 Å². The van der Waals surface area contributed by atoms with E-state index in [9.17, 15) is 9.90 Å². The van der Waals surface area contributed by atoms with Crippen LogP contribution in [0.1, 0.15) is 10.4 Å². The van der Waals surface area contributed by atoms with Gasteiger partial charge in [0.25, 0.3) is 0 Å². The minimum Gasteiger partial charge on any atom is -0.504 e. The van der Waals surface area contributed by atoms with Gasteiger partial charge >= 0.3 is 5.97 Å². The van der Waals surface area contributed by atoms with E-state index in [0.29, 0.717) is 11.3 Å². The lowest BCUT2D eigenvalue weighted by atomic mass is 10.2. The lowest BCUT2D eigenvalue weighted by Gasteiger charge is -2.06. The molecule has 0 spiro atoms. The van der Waals surface area contributed by atoms with Crippen molar-refractivity contribution in [2.45, 2.75) is 0 Å². The summed E-state index contributed by atoms with van der Waals surface area (Å²) in [5.74, 6) is -0.396. The van der Waals surface area contributed by atoms with Crippen LogP contribution < -0.4 is 9.47 Å². The maximum absolute atomic E-state index is 11.8. The Kier molecular flexibility index (Phi) is 3.56. The molecule has 0 aliphatic carbocycles. The van der Waals surface area contributed by atoms with Crippen molar-refractivity contribution in [3.05, 3.63) is 48.0 Å². The van der Waals surface area contributed by atoms with Gasteiger partial charge in [-0.15, -0.1) is 0 Å². The summed E-state index contributed by atoms with van der Waals surface area (Å²) in [5, 5.41) is 18.4. The van der Waals surface area contributed by atoms with Crippen molar-refractivity contribution in [3.63, 3.8) is 0 Å². The maximum Gasteiger partial charge on any atom is 0.343 e. The van der Waals surface area contributed by atoms with Crippen molar-refractivity contribution < 1.29 is 24.5 Å². The molecule has 5 heteroatoms. The molecule has 98 valence electrons. The van der Waals surface area contributed by atoms with Crippen LogP contribution in [0.15, 0.2) is 42.5 Å². The Labute approximate surface area is 109 Å². The third kappa shape index (κ3) is 2.95. The number of methoxy groups -OCH3 is 1. The molecule has 0 amide bonds. The van der Waals surface area contributed by atoms with Crippen LogP contribution in [0.3, 0.4) is 0 Å². The fourth-order valence-corrected chi connectivity index (χ4v) is 1.46. The molecule has 19 heavy (non-hydrogen) atoms. The quantitative estimate of drug-likeness (QED) is 0.503. The molecular weight excluding hydrogens is 248 g/mol. The Balaban J connectivity index is 2.13. The average molecular weight is 260 g/mol. The first kappa shape index (κ1) is 12.8. The van der Waals surface area contributed by atoms with Crippen LogP contribution in [0.2, 0.25) is 0 Å². The number of hydrogen-bond donors (Lipinski definition) is 2. The molecule has 2 N–H and O–H groups in total. The van der Waals surface area contributed by atoms with E-state index in [1.807, 2.05) is 0 Å². The molecular formula is C14H12O5. The monoisotopic (exact) mass is 260 g/mol. The Morgan fingerprint density at radius 1 is 0.947 bits per heavy atom. The van der Waals surface area contributed by atoms with Crippen LogP contribution in [0.25, 0.3) is 0 Å². The van der Waals surface area contributed by atoms with E-state index in [-0.39, 0.29) is 17.2 Å². The highest BCUT2D eigenvalue weighted by Crippen LogP contribution is 2.29. The summed E-state index contributed by atoms with van der Waals surface area (Å²) < 4.78 is 10.0. The summed E-state index contributed by atoms with van der Waals surface area (Å²) in [5.41, 5.74) is 0.355. The first-order valence-electron chi connectivity index (χ1n) is 5.48. The van der Waals surface area contributed by atoms with Crippen molar-refractivity contribution in [2.75, 3.05) is 7.11 Å². The van der Waals surface area contributed by atoms with Crippen molar-refractivity contribution in [2.24, 2.45) is 0 Å². The molecule has 2 aromatic rings. The van der Waals surface area contributed by atoms with Gasteiger partial charge in [-0.05, 0) is 36.4 Å². The van der Waals surface area contributed by atoms with Gasteiger partial charge in [0.05, 0.1) is 12.7 Å². The highest BCUT2D eigenvalue weighted by molar-refractivity contribution is 5.91. The zero-order valence-corrected chi connectivity index (χ0v) is 10.2. The van der Waals surface area contributed by atoms with Crippen LogP contribution >= 0.6 is 0 Å². The number of benzene rings is 2.